The molecule has 0 aliphatic carbocycles. The van der Waals surface area contributed by atoms with Gasteiger partial charge in [-0.3, -0.25) is 18.6 Å². The number of hydrogen-bond donors (Lipinski definition) is 2. The van der Waals surface area contributed by atoms with Crippen molar-refractivity contribution in [3.8, 4) is 0 Å². The Bertz CT molecular complexity index is 1090. The minimum absolute atomic E-state index is 0.0400. The molecule has 1 fully saturated rings. The number of rotatable bonds is 38. The van der Waals surface area contributed by atoms with Crippen LogP contribution in [-0.2, 0) is 37.4 Å². The molecular formula is C43H76NO9P. The summed E-state index contributed by atoms with van der Waals surface area (Å²) in [4.78, 5) is 34.8. The number of epoxide rings is 1. The second-order valence-electron chi connectivity index (χ2n) is 14.2. The fourth-order valence-corrected chi connectivity index (χ4v) is 6.60. The Labute approximate surface area is 328 Å². The third-order valence-electron chi connectivity index (χ3n) is 9.11. The zero-order valence-corrected chi connectivity index (χ0v) is 34.8. The lowest BCUT2D eigenvalue weighted by Crippen LogP contribution is -2.29. The molecule has 3 N–H and O–H groups in total. The zero-order chi connectivity index (χ0) is 39.4. The highest BCUT2D eigenvalue weighted by Gasteiger charge is 2.36. The Kier molecular flexibility index (Phi) is 32.7. The second-order valence-corrected chi connectivity index (χ2v) is 15.7. The first-order valence-electron chi connectivity index (χ1n) is 21.2. The highest BCUT2D eigenvalue weighted by Crippen LogP contribution is 2.43. The molecule has 1 aliphatic rings. The van der Waals surface area contributed by atoms with Crippen molar-refractivity contribution in [3.63, 3.8) is 0 Å². The molecule has 54 heavy (non-hydrogen) atoms. The number of esters is 2. The monoisotopic (exact) mass is 782 g/mol. The molecule has 1 heterocycles. The molecule has 0 aromatic heterocycles. The predicted octanol–water partition coefficient (Wildman–Crippen LogP) is 10.9. The molecule has 11 heteroatoms. The van der Waals surface area contributed by atoms with E-state index in [0.717, 1.165) is 57.8 Å². The van der Waals surface area contributed by atoms with Gasteiger partial charge in [0.1, 0.15) is 6.61 Å². The summed E-state index contributed by atoms with van der Waals surface area (Å²) < 4.78 is 38.4. The van der Waals surface area contributed by atoms with E-state index < -0.39 is 32.5 Å². The first kappa shape index (κ1) is 49.9. The minimum atomic E-state index is -4.40. The SMILES string of the molecule is CCCCCCCC/C=C\C/C=C\C/C=C\CCCC(=O)O[C@H](COC(=O)CCCCCCC/C=C\CC1OC1CCCCC)COP(=O)(O)OCCN. The third kappa shape index (κ3) is 32.2. The van der Waals surface area contributed by atoms with Crippen molar-refractivity contribution in [2.75, 3.05) is 26.4 Å². The van der Waals surface area contributed by atoms with Gasteiger partial charge in [-0.1, -0.05) is 133 Å². The maximum atomic E-state index is 12.6. The van der Waals surface area contributed by atoms with Crippen LogP contribution >= 0.6 is 7.82 Å². The molecule has 0 aromatic carbocycles. The van der Waals surface area contributed by atoms with Gasteiger partial charge in [0, 0.05) is 19.4 Å². The summed E-state index contributed by atoms with van der Waals surface area (Å²) in [6, 6.07) is 0. The molecule has 0 aromatic rings. The summed E-state index contributed by atoms with van der Waals surface area (Å²) in [6.07, 6.45) is 41.8. The number of carbonyl (C=O) groups is 2. The van der Waals surface area contributed by atoms with Crippen molar-refractivity contribution in [2.24, 2.45) is 5.73 Å². The molecule has 10 nitrogen and oxygen atoms in total. The predicted molar refractivity (Wildman–Crippen MR) is 219 cm³/mol. The molecule has 0 bridgehead atoms. The Morgan fingerprint density at radius 1 is 0.667 bits per heavy atom. The first-order valence-corrected chi connectivity index (χ1v) is 22.7. The molecule has 1 aliphatic heterocycles. The van der Waals surface area contributed by atoms with Gasteiger partial charge >= 0.3 is 19.8 Å². The van der Waals surface area contributed by atoms with Crippen LogP contribution in [0.1, 0.15) is 168 Å². The lowest BCUT2D eigenvalue weighted by Gasteiger charge is -2.19. The van der Waals surface area contributed by atoms with E-state index in [1.165, 1.54) is 64.2 Å². The van der Waals surface area contributed by atoms with E-state index in [2.05, 4.69) is 56.4 Å². The maximum absolute atomic E-state index is 12.6. The summed E-state index contributed by atoms with van der Waals surface area (Å²) in [5.74, 6) is -0.914. The zero-order valence-electron chi connectivity index (χ0n) is 33.9. The Morgan fingerprint density at radius 3 is 1.89 bits per heavy atom. The molecular weight excluding hydrogens is 705 g/mol. The summed E-state index contributed by atoms with van der Waals surface area (Å²) in [6.45, 7) is 3.60. The van der Waals surface area contributed by atoms with Gasteiger partial charge in [0.15, 0.2) is 6.10 Å². The van der Waals surface area contributed by atoms with Crippen LogP contribution in [0.3, 0.4) is 0 Å². The van der Waals surface area contributed by atoms with E-state index in [1.807, 2.05) is 6.08 Å². The van der Waals surface area contributed by atoms with Crippen LogP contribution in [0.2, 0.25) is 0 Å². The van der Waals surface area contributed by atoms with Crippen LogP contribution in [0.5, 0.6) is 0 Å². The average Bonchev–Trinajstić information content (AvgIpc) is 3.91. The van der Waals surface area contributed by atoms with Gasteiger partial charge < -0.3 is 24.8 Å². The summed E-state index contributed by atoms with van der Waals surface area (Å²) >= 11 is 0. The highest BCUT2D eigenvalue weighted by molar-refractivity contribution is 7.47. The van der Waals surface area contributed by atoms with Crippen LogP contribution in [0.25, 0.3) is 0 Å². The van der Waals surface area contributed by atoms with Crippen LogP contribution in [0.15, 0.2) is 48.6 Å². The number of carbonyl (C=O) groups excluding carboxylic acids is 2. The smallest absolute Gasteiger partial charge is 0.462 e. The quantitative estimate of drug-likeness (QED) is 0.0204. The highest BCUT2D eigenvalue weighted by atomic mass is 31.2. The first-order chi connectivity index (χ1) is 26.3. The Hall–Kier alpha value is -2.07. The average molecular weight is 782 g/mol. The molecule has 0 saturated carbocycles. The standard InChI is InChI=1S/C43H76NO9P/c1-3-5-7-8-9-10-11-12-13-14-15-16-17-18-23-26-30-34-43(46)52-39(38-51-54(47,48)50-36-35-44)37-49-42(45)33-29-25-22-20-19-21-24-28-32-41-40(53-41)31-27-6-4-2/h12-13,15-16,18,23-24,28,39-41H,3-11,14,17,19-22,25-27,29-38,44H2,1-2H3,(H,47,48)/b13-12-,16-15-,23-18-,28-24-/t39-,40?,41?/m1/s1. The number of allylic oxidation sites excluding steroid dienone is 7. The van der Waals surface area contributed by atoms with Crippen molar-refractivity contribution >= 4 is 19.8 Å². The molecule has 0 amide bonds. The number of phosphoric acid groups is 1. The van der Waals surface area contributed by atoms with Gasteiger partial charge in [0.2, 0.25) is 0 Å². The number of ether oxygens (including phenoxy) is 3. The van der Waals surface area contributed by atoms with E-state index in [9.17, 15) is 19.0 Å². The molecule has 1 saturated heterocycles. The van der Waals surface area contributed by atoms with Gasteiger partial charge in [0.25, 0.3) is 0 Å². The van der Waals surface area contributed by atoms with Crippen molar-refractivity contribution in [3.05, 3.63) is 48.6 Å². The normalized spacial score (nSPS) is 17.6. The number of nitrogens with two attached hydrogens (primary N) is 1. The van der Waals surface area contributed by atoms with E-state index in [1.54, 1.807) is 0 Å². The van der Waals surface area contributed by atoms with Crippen LogP contribution in [-0.4, -0.2) is 61.5 Å². The van der Waals surface area contributed by atoms with E-state index >= 15 is 0 Å². The van der Waals surface area contributed by atoms with Crippen molar-refractivity contribution < 1.29 is 42.3 Å². The van der Waals surface area contributed by atoms with Crippen LogP contribution in [0, 0.1) is 0 Å². The Morgan fingerprint density at radius 2 is 1.22 bits per heavy atom. The van der Waals surface area contributed by atoms with E-state index in [4.69, 9.17) is 29.0 Å². The fraction of sp³-hybridized carbons (Fsp3) is 0.767. The molecule has 312 valence electrons. The summed E-state index contributed by atoms with van der Waals surface area (Å²) in [5.41, 5.74) is 5.34. The van der Waals surface area contributed by atoms with Gasteiger partial charge in [-0.05, 0) is 70.6 Å². The second kappa shape index (κ2) is 35.4. The lowest BCUT2D eigenvalue weighted by atomic mass is 10.1. The van der Waals surface area contributed by atoms with E-state index in [-0.39, 0.29) is 32.6 Å². The van der Waals surface area contributed by atoms with Crippen molar-refractivity contribution in [2.45, 2.75) is 186 Å². The van der Waals surface area contributed by atoms with Gasteiger partial charge in [0.05, 0.1) is 25.4 Å². The summed E-state index contributed by atoms with van der Waals surface area (Å²) in [5, 5.41) is 0. The van der Waals surface area contributed by atoms with Crippen LogP contribution < -0.4 is 5.73 Å². The molecule has 0 radical (unpaired) electrons. The molecule has 3 unspecified atom stereocenters. The number of unbranched alkanes of at least 4 members (excludes halogenated alkanes) is 14. The number of phosphoric ester groups is 1. The molecule has 4 atom stereocenters. The van der Waals surface area contributed by atoms with Gasteiger partial charge in [-0.15, -0.1) is 0 Å². The largest absolute Gasteiger partial charge is 0.472 e. The van der Waals surface area contributed by atoms with Crippen molar-refractivity contribution in [1.82, 2.24) is 0 Å². The fourth-order valence-electron chi connectivity index (χ4n) is 5.83. The summed E-state index contributed by atoms with van der Waals surface area (Å²) in [7, 11) is -4.40. The van der Waals surface area contributed by atoms with Gasteiger partial charge in [-0.25, -0.2) is 4.57 Å². The minimum Gasteiger partial charge on any atom is -0.462 e. The molecule has 0 spiro atoms. The topological polar surface area (TPSA) is 147 Å². The Balaban J connectivity index is 2.23. The third-order valence-corrected chi connectivity index (χ3v) is 10.1. The lowest BCUT2D eigenvalue weighted by molar-refractivity contribution is -0.161. The number of hydrogen-bond acceptors (Lipinski definition) is 9. The van der Waals surface area contributed by atoms with E-state index in [0.29, 0.717) is 31.5 Å². The molecule has 1 rings (SSSR count). The van der Waals surface area contributed by atoms with Crippen molar-refractivity contribution in [1.29, 1.82) is 0 Å². The maximum Gasteiger partial charge on any atom is 0.472 e. The van der Waals surface area contributed by atoms with Gasteiger partial charge in [-0.2, -0.15) is 0 Å². The van der Waals surface area contributed by atoms with Crippen LogP contribution in [0.4, 0.5) is 0 Å².